The van der Waals surface area contributed by atoms with Gasteiger partial charge in [-0.15, -0.1) is 10.2 Å². The van der Waals surface area contributed by atoms with Crippen molar-refractivity contribution in [2.45, 2.75) is 0 Å². The molecule has 4 aromatic rings. The van der Waals surface area contributed by atoms with Crippen LogP contribution in [0.1, 0.15) is 0 Å². The van der Waals surface area contributed by atoms with Crippen molar-refractivity contribution >= 4 is 16.7 Å². The maximum atomic E-state index is 13.0. The molecule has 0 aliphatic rings. The Bertz CT molecular complexity index is 981. The van der Waals surface area contributed by atoms with Crippen molar-refractivity contribution in [2.75, 3.05) is 0 Å². The minimum Gasteiger partial charge on any atom is -0.291 e. The van der Waals surface area contributed by atoms with Gasteiger partial charge in [0.15, 0.2) is 11.5 Å². The Morgan fingerprint density at radius 3 is 2.75 bits per heavy atom. The first-order valence-corrected chi connectivity index (χ1v) is 5.80. The molecule has 0 saturated carbocycles. The average molecular weight is 270 g/mol. The number of benzene rings is 1. The van der Waals surface area contributed by atoms with Crippen molar-refractivity contribution in [2.24, 2.45) is 0 Å². The molecular weight excluding hydrogens is 263 g/mol. The van der Waals surface area contributed by atoms with Crippen LogP contribution in [0.5, 0.6) is 0 Å². The highest BCUT2D eigenvalue weighted by atomic mass is 19.1. The van der Waals surface area contributed by atoms with E-state index in [0.29, 0.717) is 28.1 Å². The molecular formula is C12H7FN6O. The van der Waals surface area contributed by atoms with Gasteiger partial charge in [-0.1, -0.05) is 0 Å². The highest BCUT2D eigenvalue weighted by Crippen LogP contribution is 2.20. The molecule has 2 N–H and O–H groups in total. The van der Waals surface area contributed by atoms with Crippen LogP contribution in [-0.4, -0.2) is 29.8 Å². The lowest BCUT2D eigenvalue weighted by Gasteiger charge is -1.99. The summed E-state index contributed by atoms with van der Waals surface area (Å²) >= 11 is 0. The number of hydrogen-bond acceptors (Lipinski definition) is 4. The van der Waals surface area contributed by atoms with E-state index in [2.05, 4.69) is 25.4 Å². The van der Waals surface area contributed by atoms with Crippen LogP contribution in [0.15, 0.2) is 35.3 Å². The van der Waals surface area contributed by atoms with Crippen LogP contribution in [0.4, 0.5) is 4.39 Å². The summed E-state index contributed by atoms with van der Waals surface area (Å²) in [4.78, 5) is 14.8. The second-order valence-electron chi connectivity index (χ2n) is 4.28. The molecule has 0 amide bonds. The Balaban J connectivity index is 2.11. The summed E-state index contributed by atoms with van der Waals surface area (Å²) in [6, 6.07) is 5.71. The molecule has 0 atom stereocenters. The maximum absolute atomic E-state index is 13.0. The van der Waals surface area contributed by atoms with Gasteiger partial charge in [-0.05, 0) is 24.3 Å². The molecule has 0 saturated heterocycles. The van der Waals surface area contributed by atoms with Crippen LogP contribution >= 0.6 is 0 Å². The van der Waals surface area contributed by atoms with Crippen molar-refractivity contribution in [3.8, 4) is 11.4 Å². The van der Waals surface area contributed by atoms with Gasteiger partial charge < -0.3 is 0 Å². The summed E-state index contributed by atoms with van der Waals surface area (Å²) in [5, 5.41) is 15.2. The Kier molecular flexibility index (Phi) is 2.02. The van der Waals surface area contributed by atoms with Gasteiger partial charge in [0.2, 0.25) is 0 Å². The van der Waals surface area contributed by atoms with E-state index in [1.807, 2.05) is 0 Å². The third-order valence-corrected chi connectivity index (χ3v) is 3.08. The predicted molar refractivity (Wildman–Crippen MR) is 68.7 cm³/mol. The number of halogens is 1. The van der Waals surface area contributed by atoms with E-state index in [0.717, 1.165) is 0 Å². The molecule has 0 aliphatic heterocycles. The zero-order valence-corrected chi connectivity index (χ0v) is 9.96. The number of H-pyrrole nitrogens is 2. The summed E-state index contributed by atoms with van der Waals surface area (Å²) in [6.07, 6.45) is 1.56. The molecule has 0 fully saturated rings. The minimum atomic E-state index is -0.388. The zero-order valence-electron chi connectivity index (χ0n) is 9.96. The van der Waals surface area contributed by atoms with Crippen LogP contribution in [0.25, 0.3) is 28.1 Å². The third kappa shape index (κ3) is 1.38. The first kappa shape index (κ1) is 10.9. The number of hydrogen-bond donors (Lipinski definition) is 2. The molecule has 8 heteroatoms. The Hall–Kier alpha value is -3.03. The maximum Gasteiger partial charge on any atom is 0.334 e. The topological polar surface area (TPSA) is 91.7 Å². The van der Waals surface area contributed by atoms with Crippen LogP contribution in [0, 0.1) is 5.82 Å². The largest absolute Gasteiger partial charge is 0.334 e. The molecule has 0 radical (unpaired) electrons. The number of rotatable bonds is 1. The Morgan fingerprint density at radius 2 is 1.95 bits per heavy atom. The molecule has 98 valence electrons. The molecule has 0 spiro atoms. The molecule has 1 aromatic carbocycles. The lowest BCUT2D eigenvalue weighted by Crippen LogP contribution is -2.17. The summed E-state index contributed by atoms with van der Waals surface area (Å²) in [6.45, 7) is 0. The van der Waals surface area contributed by atoms with Gasteiger partial charge in [-0.2, -0.15) is 5.10 Å². The molecule has 3 heterocycles. The molecule has 20 heavy (non-hydrogen) atoms. The number of nitrogens with one attached hydrogen (secondary N) is 2. The van der Waals surface area contributed by atoms with Gasteiger partial charge in [-0.25, -0.2) is 13.6 Å². The fourth-order valence-corrected chi connectivity index (χ4v) is 2.15. The average Bonchev–Trinajstić information content (AvgIpc) is 3.05. The molecule has 0 unspecified atom stereocenters. The van der Waals surface area contributed by atoms with E-state index in [1.54, 1.807) is 18.3 Å². The minimum absolute atomic E-state index is 0.351. The smallest absolute Gasteiger partial charge is 0.291 e. The van der Waals surface area contributed by atoms with Gasteiger partial charge in [0.1, 0.15) is 11.5 Å². The lowest BCUT2D eigenvalue weighted by atomic mass is 10.2. The molecule has 0 bridgehead atoms. The van der Waals surface area contributed by atoms with E-state index in [1.165, 1.54) is 16.5 Å². The van der Waals surface area contributed by atoms with Crippen LogP contribution in [0.2, 0.25) is 0 Å². The standard InChI is InChI=1S/C12H7FN6O/c13-7-3-1-6(2-4-7)10-17-18-11-8-5-14-16-9(8)15-12(20)19(10)11/h1-5H,(H2,14,15,16,20). The van der Waals surface area contributed by atoms with Crippen LogP contribution in [-0.2, 0) is 0 Å². The first-order valence-electron chi connectivity index (χ1n) is 5.80. The molecule has 4 rings (SSSR count). The quantitative estimate of drug-likeness (QED) is 0.541. The van der Waals surface area contributed by atoms with Gasteiger partial charge in [0.25, 0.3) is 0 Å². The summed E-state index contributed by atoms with van der Waals surface area (Å²) in [7, 11) is 0. The fraction of sp³-hybridized carbons (Fsp3) is 0. The Labute approximate surface area is 110 Å². The van der Waals surface area contributed by atoms with Crippen molar-refractivity contribution < 1.29 is 4.39 Å². The van der Waals surface area contributed by atoms with Gasteiger partial charge >= 0.3 is 5.69 Å². The van der Waals surface area contributed by atoms with Crippen molar-refractivity contribution in [3.05, 3.63) is 46.8 Å². The van der Waals surface area contributed by atoms with Crippen molar-refractivity contribution in [1.29, 1.82) is 0 Å². The van der Waals surface area contributed by atoms with Gasteiger partial charge in [-0.3, -0.25) is 10.1 Å². The van der Waals surface area contributed by atoms with E-state index in [-0.39, 0.29) is 11.5 Å². The van der Waals surface area contributed by atoms with Crippen LogP contribution < -0.4 is 5.69 Å². The SMILES string of the molecule is O=c1[nH]c2[nH]ncc2c2nnc(-c3ccc(F)cc3)n12. The predicted octanol–water partition coefficient (Wildman–Crippen LogP) is 1.10. The number of fused-ring (bicyclic) bond motifs is 3. The second-order valence-corrected chi connectivity index (χ2v) is 4.28. The van der Waals surface area contributed by atoms with Gasteiger partial charge in [0, 0.05) is 5.56 Å². The lowest BCUT2D eigenvalue weighted by molar-refractivity contribution is 0.628. The highest BCUT2D eigenvalue weighted by molar-refractivity contribution is 5.88. The summed E-state index contributed by atoms with van der Waals surface area (Å²) < 4.78 is 14.3. The molecule has 0 aliphatic carbocycles. The highest BCUT2D eigenvalue weighted by Gasteiger charge is 2.14. The Morgan fingerprint density at radius 1 is 1.15 bits per heavy atom. The molecule has 3 aromatic heterocycles. The van der Waals surface area contributed by atoms with Crippen molar-refractivity contribution in [3.63, 3.8) is 0 Å². The van der Waals surface area contributed by atoms with E-state index in [9.17, 15) is 9.18 Å². The zero-order chi connectivity index (χ0) is 13.7. The normalized spacial score (nSPS) is 11.4. The first-order chi connectivity index (χ1) is 9.74. The third-order valence-electron chi connectivity index (χ3n) is 3.08. The van der Waals surface area contributed by atoms with Crippen LogP contribution in [0.3, 0.4) is 0 Å². The van der Waals surface area contributed by atoms with E-state index >= 15 is 0 Å². The monoisotopic (exact) mass is 270 g/mol. The van der Waals surface area contributed by atoms with E-state index in [4.69, 9.17) is 0 Å². The fourth-order valence-electron chi connectivity index (χ4n) is 2.15. The summed E-state index contributed by atoms with van der Waals surface area (Å²) in [5.41, 5.74) is 1.10. The number of aromatic amines is 2. The number of aromatic nitrogens is 6. The summed E-state index contributed by atoms with van der Waals surface area (Å²) in [5.74, 6) is -0.00180. The molecule has 7 nitrogen and oxygen atoms in total. The second kappa shape index (κ2) is 3.73. The number of nitrogens with zero attached hydrogens (tertiary/aromatic N) is 4. The van der Waals surface area contributed by atoms with Gasteiger partial charge in [0.05, 0.1) is 11.6 Å². The van der Waals surface area contributed by atoms with Crippen molar-refractivity contribution in [1.82, 2.24) is 29.8 Å². The van der Waals surface area contributed by atoms with E-state index < -0.39 is 0 Å².